The SMILES string of the molecule is CCCCCCCC(=O)[O-].CCCCCCCC(=O)[O-].CCCCCCCC(=O)[O-].CCCCCCCC(=O)[O-].[Hf+4]. The molecule has 0 aliphatic heterocycles. The zero-order valence-corrected chi connectivity index (χ0v) is 30.3. The van der Waals surface area contributed by atoms with Crippen LogP contribution >= 0.6 is 0 Å². The largest absolute Gasteiger partial charge is 4.00 e. The molecule has 0 aliphatic carbocycles. The predicted molar refractivity (Wildman–Crippen MR) is 154 cm³/mol. The number of carbonyl (C=O) groups is 4. The van der Waals surface area contributed by atoms with E-state index in [1.165, 1.54) is 51.4 Å². The van der Waals surface area contributed by atoms with Crippen LogP contribution in [0.15, 0.2) is 0 Å². The van der Waals surface area contributed by atoms with E-state index in [1.54, 1.807) is 0 Å². The first-order chi connectivity index (χ1) is 19.1. The number of carbonyl (C=O) groups excluding carboxylic acids is 4. The number of rotatable bonds is 24. The fourth-order valence-electron chi connectivity index (χ4n) is 3.49. The third-order valence-corrected chi connectivity index (χ3v) is 5.94. The van der Waals surface area contributed by atoms with E-state index in [9.17, 15) is 39.6 Å². The molecule has 0 saturated carbocycles. The van der Waals surface area contributed by atoms with Gasteiger partial charge >= 0.3 is 25.8 Å². The van der Waals surface area contributed by atoms with Gasteiger partial charge in [0.25, 0.3) is 0 Å². The molecule has 0 aliphatic rings. The van der Waals surface area contributed by atoms with Crippen LogP contribution in [-0.4, -0.2) is 23.9 Å². The van der Waals surface area contributed by atoms with Crippen LogP contribution in [0.3, 0.4) is 0 Å². The maximum absolute atomic E-state index is 9.92. The smallest absolute Gasteiger partial charge is 0.550 e. The van der Waals surface area contributed by atoms with E-state index in [0.717, 1.165) is 77.0 Å². The number of aliphatic carboxylic acids is 4. The molecule has 0 bridgehead atoms. The monoisotopic (exact) mass is 752 g/mol. The summed E-state index contributed by atoms with van der Waals surface area (Å²) in [6, 6.07) is 0. The first-order valence-electron chi connectivity index (χ1n) is 15.9. The number of carboxylic acids is 4. The van der Waals surface area contributed by atoms with Crippen molar-refractivity contribution in [1.29, 1.82) is 0 Å². The molecule has 0 spiro atoms. The Hall–Kier alpha value is -1.25. The van der Waals surface area contributed by atoms with Crippen molar-refractivity contribution in [3.8, 4) is 0 Å². The Labute approximate surface area is 270 Å². The molecule has 0 N–H and O–H groups in total. The molecule has 0 aromatic heterocycles. The van der Waals surface area contributed by atoms with Crippen molar-refractivity contribution in [3.05, 3.63) is 0 Å². The van der Waals surface area contributed by atoms with Crippen LogP contribution in [0.5, 0.6) is 0 Å². The second-order valence-electron chi connectivity index (χ2n) is 10.1. The van der Waals surface area contributed by atoms with E-state index in [2.05, 4.69) is 27.7 Å². The second-order valence-corrected chi connectivity index (χ2v) is 10.1. The van der Waals surface area contributed by atoms with E-state index in [4.69, 9.17) is 0 Å². The van der Waals surface area contributed by atoms with Crippen LogP contribution in [0.1, 0.15) is 182 Å². The minimum atomic E-state index is -0.920. The third-order valence-electron chi connectivity index (χ3n) is 5.94. The number of hydrogen-bond donors (Lipinski definition) is 0. The summed E-state index contributed by atoms with van der Waals surface area (Å²) in [5, 5.41) is 39.7. The first-order valence-corrected chi connectivity index (χ1v) is 15.9. The number of hydrogen-bond acceptors (Lipinski definition) is 8. The van der Waals surface area contributed by atoms with Crippen LogP contribution in [0.25, 0.3) is 0 Å². The Morgan fingerprint density at radius 1 is 0.317 bits per heavy atom. The molecule has 0 amide bonds. The normalized spacial score (nSPS) is 9.46. The van der Waals surface area contributed by atoms with Crippen LogP contribution in [0.4, 0.5) is 0 Å². The summed E-state index contributed by atoms with van der Waals surface area (Å²) < 4.78 is 0. The molecule has 41 heavy (non-hydrogen) atoms. The maximum Gasteiger partial charge on any atom is 4.00 e. The molecule has 0 aromatic carbocycles. The van der Waals surface area contributed by atoms with Gasteiger partial charge in [-0.1, -0.05) is 130 Å². The summed E-state index contributed by atoms with van der Waals surface area (Å²) in [5.74, 6) is -3.68. The molecular weight excluding hydrogens is 691 g/mol. The molecule has 0 fully saturated rings. The van der Waals surface area contributed by atoms with Gasteiger partial charge in [-0.05, 0) is 51.4 Å². The van der Waals surface area contributed by atoms with Gasteiger partial charge in [0.05, 0.1) is 0 Å². The van der Waals surface area contributed by atoms with Gasteiger partial charge in [0.15, 0.2) is 0 Å². The minimum absolute atomic E-state index is 0. The molecule has 0 heterocycles. The first kappa shape index (κ1) is 49.4. The number of unbranched alkanes of at least 4 members (excludes halogenated alkanes) is 16. The van der Waals surface area contributed by atoms with Gasteiger partial charge in [-0.2, -0.15) is 0 Å². The zero-order valence-electron chi connectivity index (χ0n) is 26.7. The van der Waals surface area contributed by atoms with Gasteiger partial charge in [0, 0.05) is 23.9 Å². The van der Waals surface area contributed by atoms with Crippen LogP contribution < -0.4 is 20.4 Å². The van der Waals surface area contributed by atoms with Gasteiger partial charge < -0.3 is 39.6 Å². The summed E-state index contributed by atoms with van der Waals surface area (Å²) in [4.78, 5) is 39.7. The summed E-state index contributed by atoms with van der Waals surface area (Å²) in [7, 11) is 0. The summed E-state index contributed by atoms with van der Waals surface area (Å²) in [6.07, 6.45) is 22.4. The Bertz CT molecular complexity index is 460. The van der Waals surface area contributed by atoms with Crippen molar-refractivity contribution in [2.24, 2.45) is 0 Å². The molecule has 0 radical (unpaired) electrons. The van der Waals surface area contributed by atoms with Crippen molar-refractivity contribution < 1.29 is 65.4 Å². The summed E-state index contributed by atoms with van der Waals surface area (Å²) >= 11 is 0. The molecule has 8 nitrogen and oxygen atoms in total. The fourth-order valence-corrected chi connectivity index (χ4v) is 3.49. The maximum atomic E-state index is 9.92. The molecule has 0 atom stereocenters. The molecule has 0 saturated heterocycles. The molecule has 0 rings (SSSR count). The van der Waals surface area contributed by atoms with Gasteiger partial charge in [-0.15, -0.1) is 0 Å². The molecule has 0 unspecified atom stereocenters. The number of carboxylic acid groups (broad SMARTS) is 4. The summed E-state index contributed by atoms with van der Waals surface area (Å²) in [6.45, 7) is 8.55. The van der Waals surface area contributed by atoms with E-state index < -0.39 is 23.9 Å². The zero-order chi connectivity index (χ0) is 31.3. The fraction of sp³-hybridized carbons (Fsp3) is 0.875. The average molecular weight is 751 g/mol. The standard InChI is InChI=1S/4C8H16O2.Hf/c4*1-2-3-4-5-6-7-8(9)10;/h4*2-7H2,1H3,(H,9,10);/q;;;;+4/p-4. The van der Waals surface area contributed by atoms with Crippen molar-refractivity contribution in [2.45, 2.75) is 182 Å². The Balaban J connectivity index is -0.000000139. The van der Waals surface area contributed by atoms with E-state index in [1.807, 2.05) is 0 Å². The Morgan fingerprint density at radius 3 is 0.585 bits per heavy atom. The van der Waals surface area contributed by atoms with Gasteiger partial charge in [0.2, 0.25) is 0 Å². The molecule has 9 heteroatoms. The third kappa shape index (κ3) is 73.1. The minimum Gasteiger partial charge on any atom is -0.550 e. The second kappa shape index (κ2) is 45.7. The Kier molecular flexibility index (Phi) is 55.1. The van der Waals surface area contributed by atoms with Gasteiger partial charge in [-0.25, -0.2) is 0 Å². The van der Waals surface area contributed by atoms with Crippen molar-refractivity contribution >= 4 is 23.9 Å². The van der Waals surface area contributed by atoms with Gasteiger partial charge in [-0.3, -0.25) is 0 Å². The van der Waals surface area contributed by atoms with E-state index in [-0.39, 0.29) is 51.5 Å². The predicted octanol–water partition coefficient (Wildman–Crippen LogP) is 4.38. The van der Waals surface area contributed by atoms with Crippen LogP contribution in [0.2, 0.25) is 0 Å². The van der Waals surface area contributed by atoms with E-state index in [0.29, 0.717) is 0 Å². The topological polar surface area (TPSA) is 161 Å². The molecular formula is C32H60HfO8. The van der Waals surface area contributed by atoms with Crippen molar-refractivity contribution in [2.75, 3.05) is 0 Å². The van der Waals surface area contributed by atoms with Crippen LogP contribution in [-0.2, 0) is 45.0 Å². The summed E-state index contributed by atoms with van der Waals surface area (Å²) in [5.41, 5.74) is 0. The quantitative estimate of drug-likeness (QED) is 0.104. The van der Waals surface area contributed by atoms with Crippen molar-refractivity contribution in [3.63, 3.8) is 0 Å². The van der Waals surface area contributed by atoms with E-state index >= 15 is 0 Å². The van der Waals surface area contributed by atoms with Crippen molar-refractivity contribution in [1.82, 2.24) is 0 Å². The average Bonchev–Trinajstić information content (AvgIpc) is 2.89. The van der Waals surface area contributed by atoms with Crippen LogP contribution in [0, 0.1) is 0 Å². The molecule has 240 valence electrons. The molecule has 0 aromatic rings. The van der Waals surface area contributed by atoms with Gasteiger partial charge in [0.1, 0.15) is 0 Å². The Morgan fingerprint density at radius 2 is 0.463 bits per heavy atom.